The number of hydrogen-bond donors (Lipinski definition) is 1. The summed E-state index contributed by atoms with van der Waals surface area (Å²) in [5.74, 6) is 0.522. The Kier molecular flexibility index (Phi) is 3.25. The lowest BCUT2D eigenvalue weighted by atomic mass is 10.0. The molecular formula is C17H15NO2. The van der Waals surface area contributed by atoms with Crippen LogP contribution in [0.1, 0.15) is 22.8 Å². The lowest BCUT2D eigenvalue weighted by Gasteiger charge is -2.04. The van der Waals surface area contributed by atoms with E-state index in [1.54, 1.807) is 0 Å². The number of nitrogens with one attached hydrogen (secondary N) is 1. The van der Waals surface area contributed by atoms with Crippen molar-refractivity contribution >= 4 is 16.7 Å². The average molecular weight is 265 g/mol. The topological polar surface area (TPSA) is 42.1 Å². The Balaban J connectivity index is 2.18. The van der Waals surface area contributed by atoms with Gasteiger partial charge in [0.2, 0.25) is 5.88 Å². The highest BCUT2D eigenvalue weighted by Crippen LogP contribution is 2.30. The molecule has 1 aromatic heterocycles. The minimum atomic E-state index is -0.0218. The molecule has 0 unspecified atom stereocenters. The molecule has 0 saturated heterocycles. The molecule has 0 bridgehead atoms. The molecule has 0 atom stereocenters. The molecular weight excluding hydrogens is 250 g/mol. The van der Waals surface area contributed by atoms with Crippen LogP contribution in [-0.2, 0) is 0 Å². The number of rotatable bonds is 4. The minimum absolute atomic E-state index is 0.0218. The Hall–Kier alpha value is -2.55. The Morgan fingerprint density at radius 3 is 2.50 bits per heavy atom. The maximum Gasteiger partial charge on any atom is 0.203 e. The van der Waals surface area contributed by atoms with Gasteiger partial charge in [0.1, 0.15) is 0 Å². The molecule has 3 nitrogen and oxygen atoms in total. The standard InChI is InChI=1S/C17H15NO2/c1-2-20-17-15(13-10-6-7-11-14(13)18-17)16(19)12-8-4-3-5-9-12/h3-11,18H,2H2,1H3. The third-order valence-corrected chi connectivity index (χ3v) is 3.22. The summed E-state index contributed by atoms with van der Waals surface area (Å²) in [5.41, 5.74) is 2.18. The van der Waals surface area contributed by atoms with Crippen LogP contribution < -0.4 is 4.74 Å². The SMILES string of the molecule is CCOc1[nH]c2ccccc2c1C(=O)c1ccccc1. The molecule has 100 valence electrons. The molecule has 3 aromatic rings. The van der Waals surface area contributed by atoms with Crippen LogP contribution in [-0.4, -0.2) is 17.4 Å². The first-order valence-corrected chi connectivity index (χ1v) is 6.64. The predicted octanol–water partition coefficient (Wildman–Crippen LogP) is 3.80. The Bertz CT molecular complexity index is 744. The first-order chi connectivity index (χ1) is 9.81. The third-order valence-electron chi connectivity index (χ3n) is 3.22. The highest BCUT2D eigenvalue weighted by atomic mass is 16.5. The van der Waals surface area contributed by atoms with E-state index in [0.29, 0.717) is 23.6 Å². The maximum atomic E-state index is 12.7. The number of aromatic nitrogens is 1. The van der Waals surface area contributed by atoms with Crippen molar-refractivity contribution in [1.82, 2.24) is 4.98 Å². The summed E-state index contributed by atoms with van der Waals surface area (Å²) in [6, 6.07) is 17.0. The number of hydrogen-bond acceptors (Lipinski definition) is 2. The number of carbonyl (C=O) groups is 1. The predicted molar refractivity (Wildman–Crippen MR) is 79.3 cm³/mol. The molecule has 2 aromatic carbocycles. The minimum Gasteiger partial charge on any atom is -0.479 e. The largest absolute Gasteiger partial charge is 0.479 e. The second kappa shape index (κ2) is 5.21. The van der Waals surface area contributed by atoms with Crippen LogP contribution in [0.4, 0.5) is 0 Å². The van der Waals surface area contributed by atoms with Gasteiger partial charge in [-0.3, -0.25) is 4.79 Å². The number of ether oxygens (including phenoxy) is 1. The fourth-order valence-corrected chi connectivity index (χ4v) is 2.33. The molecule has 3 heteroatoms. The molecule has 1 heterocycles. The van der Waals surface area contributed by atoms with Crippen molar-refractivity contribution in [2.24, 2.45) is 0 Å². The summed E-state index contributed by atoms with van der Waals surface area (Å²) in [5, 5.41) is 0.893. The molecule has 0 aliphatic carbocycles. The van der Waals surface area contributed by atoms with Gasteiger partial charge in [0.05, 0.1) is 12.2 Å². The van der Waals surface area contributed by atoms with Crippen LogP contribution in [0.3, 0.4) is 0 Å². The lowest BCUT2D eigenvalue weighted by Crippen LogP contribution is -2.04. The van der Waals surface area contributed by atoms with Gasteiger partial charge < -0.3 is 9.72 Å². The fourth-order valence-electron chi connectivity index (χ4n) is 2.33. The van der Waals surface area contributed by atoms with Crippen molar-refractivity contribution in [3.05, 3.63) is 65.7 Å². The second-order valence-electron chi connectivity index (χ2n) is 4.50. The van der Waals surface area contributed by atoms with Crippen molar-refractivity contribution in [2.45, 2.75) is 6.92 Å². The summed E-state index contributed by atoms with van der Waals surface area (Å²) < 4.78 is 5.59. The van der Waals surface area contributed by atoms with Gasteiger partial charge in [-0.05, 0) is 13.0 Å². The number of carbonyl (C=O) groups excluding carboxylic acids is 1. The molecule has 3 rings (SSSR count). The van der Waals surface area contributed by atoms with Gasteiger partial charge in [0.25, 0.3) is 0 Å². The van der Waals surface area contributed by atoms with Crippen molar-refractivity contribution in [2.75, 3.05) is 6.61 Å². The Labute approximate surface area is 117 Å². The molecule has 0 fully saturated rings. The summed E-state index contributed by atoms with van der Waals surface area (Å²) >= 11 is 0. The van der Waals surface area contributed by atoms with E-state index < -0.39 is 0 Å². The summed E-state index contributed by atoms with van der Waals surface area (Å²) in [7, 11) is 0. The average Bonchev–Trinajstić information content (AvgIpc) is 2.86. The number of H-pyrrole nitrogens is 1. The van der Waals surface area contributed by atoms with Crippen LogP contribution >= 0.6 is 0 Å². The lowest BCUT2D eigenvalue weighted by molar-refractivity contribution is 0.103. The zero-order valence-corrected chi connectivity index (χ0v) is 11.2. The van der Waals surface area contributed by atoms with Crippen LogP contribution in [0.5, 0.6) is 5.88 Å². The quantitative estimate of drug-likeness (QED) is 0.729. The maximum absolute atomic E-state index is 12.7. The van der Waals surface area contributed by atoms with E-state index in [2.05, 4.69) is 4.98 Å². The molecule has 0 aliphatic rings. The number of benzene rings is 2. The van der Waals surface area contributed by atoms with Crippen LogP contribution in [0, 0.1) is 0 Å². The van der Waals surface area contributed by atoms with Crippen LogP contribution in [0.2, 0.25) is 0 Å². The van der Waals surface area contributed by atoms with Crippen molar-refractivity contribution < 1.29 is 9.53 Å². The molecule has 0 amide bonds. The van der Waals surface area contributed by atoms with Gasteiger partial charge in [-0.2, -0.15) is 0 Å². The Morgan fingerprint density at radius 2 is 1.75 bits per heavy atom. The van der Waals surface area contributed by atoms with E-state index in [9.17, 15) is 4.79 Å². The van der Waals surface area contributed by atoms with E-state index >= 15 is 0 Å². The fraction of sp³-hybridized carbons (Fsp3) is 0.118. The van der Waals surface area contributed by atoms with E-state index in [1.807, 2.05) is 61.5 Å². The number of ketones is 1. The van der Waals surface area contributed by atoms with E-state index in [4.69, 9.17) is 4.74 Å². The molecule has 0 spiro atoms. The highest BCUT2D eigenvalue weighted by Gasteiger charge is 2.20. The summed E-state index contributed by atoms with van der Waals surface area (Å²) in [4.78, 5) is 15.9. The number of para-hydroxylation sites is 1. The van der Waals surface area contributed by atoms with Gasteiger partial charge in [0.15, 0.2) is 5.78 Å². The van der Waals surface area contributed by atoms with Crippen molar-refractivity contribution in [3.8, 4) is 5.88 Å². The highest BCUT2D eigenvalue weighted by molar-refractivity contribution is 6.18. The molecule has 0 radical (unpaired) electrons. The molecule has 1 N–H and O–H groups in total. The number of fused-ring (bicyclic) bond motifs is 1. The van der Waals surface area contributed by atoms with Crippen molar-refractivity contribution in [3.63, 3.8) is 0 Å². The van der Waals surface area contributed by atoms with Gasteiger partial charge in [0, 0.05) is 16.5 Å². The van der Waals surface area contributed by atoms with Gasteiger partial charge in [-0.15, -0.1) is 0 Å². The van der Waals surface area contributed by atoms with Crippen LogP contribution in [0.25, 0.3) is 10.9 Å². The van der Waals surface area contributed by atoms with Gasteiger partial charge in [-0.1, -0.05) is 48.5 Å². The molecule has 0 aliphatic heterocycles. The number of aromatic amines is 1. The van der Waals surface area contributed by atoms with Crippen molar-refractivity contribution in [1.29, 1.82) is 0 Å². The third kappa shape index (κ3) is 2.07. The Morgan fingerprint density at radius 1 is 1.05 bits per heavy atom. The smallest absolute Gasteiger partial charge is 0.203 e. The van der Waals surface area contributed by atoms with E-state index in [-0.39, 0.29) is 5.78 Å². The summed E-state index contributed by atoms with van der Waals surface area (Å²) in [6.45, 7) is 2.42. The second-order valence-corrected chi connectivity index (χ2v) is 4.50. The first-order valence-electron chi connectivity index (χ1n) is 6.64. The first kappa shape index (κ1) is 12.5. The molecule has 0 saturated carbocycles. The zero-order chi connectivity index (χ0) is 13.9. The van der Waals surface area contributed by atoms with Gasteiger partial charge in [-0.25, -0.2) is 0 Å². The van der Waals surface area contributed by atoms with E-state index in [0.717, 1.165) is 10.9 Å². The van der Waals surface area contributed by atoms with Crippen LogP contribution in [0.15, 0.2) is 54.6 Å². The van der Waals surface area contributed by atoms with Gasteiger partial charge >= 0.3 is 0 Å². The summed E-state index contributed by atoms with van der Waals surface area (Å²) in [6.07, 6.45) is 0. The monoisotopic (exact) mass is 265 g/mol. The van der Waals surface area contributed by atoms with E-state index in [1.165, 1.54) is 0 Å². The zero-order valence-electron chi connectivity index (χ0n) is 11.2. The normalized spacial score (nSPS) is 10.7. The molecule has 20 heavy (non-hydrogen) atoms.